The highest BCUT2D eigenvalue weighted by molar-refractivity contribution is 5.82. The fraction of sp³-hybridized carbons (Fsp3) is 0.294. The van der Waals surface area contributed by atoms with Gasteiger partial charge >= 0.3 is 0 Å². The van der Waals surface area contributed by atoms with Crippen molar-refractivity contribution in [2.24, 2.45) is 5.73 Å². The molecule has 0 spiro atoms. The lowest BCUT2D eigenvalue weighted by atomic mass is 10.0. The van der Waals surface area contributed by atoms with Gasteiger partial charge in [-0.2, -0.15) is 5.10 Å². The van der Waals surface area contributed by atoms with Crippen molar-refractivity contribution in [3.8, 4) is 0 Å². The Hall–Kier alpha value is -2.20. The van der Waals surface area contributed by atoms with E-state index < -0.39 is 0 Å². The topological polar surface area (TPSA) is 56.7 Å². The second-order valence-electron chi connectivity index (χ2n) is 5.34. The van der Waals surface area contributed by atoms with Crippen LogP contribution in [0.15, 0.2) is 48.8 Å². The first-order valence-corrected chi connectivity index (χ1v) is 7.36. The maximum Gasteiger partial charge on any atom is 0.138 e. The van der Waals surface area contributed by atoms with E-state index in [2.05, 4.69) is 59.5 Å². The Morgan fingerprint density at radius 2 is 1.90 bits per heavy atom. The molecule has 0 aliphatic rings. The predicted molar refractivity (Wildman–Crippen MR) is 85.0 cm³/mol. The summed E-state index contributed by atoms with van der Waals surface area (Å²) in [5, 5.41) is 6.71. The quantitative estimate of drug-likeness (QED) is 0.781. The Bertz CT molecular complexity index is 732. The van der Waals surface area contributed by atoms with Crippen molar-refractivity contribution in [1.29, 1.82) is 0 Å². The summed E-state index contributed by atoms with van der Waals surface area (Å²) >= 11 is 0. The van der Waals surface area contributed by atoms with Gasteiger partial charge in [-0.1, -0.05) is 42.5 Å². The first kappa shape index (κ1) is 13.8. The van der Waals surface area contributed by atoms with Crippen LogP contribution in [0.2, 0.25) is 0 Å². The van der Waals surface area contributed by atoms with Gasteiger partial charge in [-0.3, -0.25) is 4.68 Å². The fourth-order valence-corrected chi connectivity index (χ4v) is 2.69. The molecule has 0 aliphatic carbocycles. The summed E-state index contributed by atoms with van der Waals surface area (Å²) in [6.45, 7) is 2.89. The smallest absolute Gasteiger partial charge is 0.138 e. The second-order valence-corrected chi connectivity index (χ2v) is 5.34. The first-order chi connectivity index (χ1) is 10.3. The normalized spacial score (nSPS) is 12.7. The summed E-state index contributed by atoms with van der Waals surface area (Å²) in [6.07, 6.45) is 3.20. The zero-order chi connectivity index (χ0) is 14.7. The number of hydrogen-bond acceptors (Lipinski definition) is 3. The molecule has 3 rings (SSSR count). The highest BCUT2D eigenvalue weighted by Crippen LogP contribution is 2.17. The molecule has 1 unspecified atom stereocenters. The third-order valence-electron chi connectivity index (χ3n) is 3.75. The lowest BCUT2D eigenvalue weighted by Gasteiger charge is -2.12. The van der Waals surface area contributed by atoms with E-state index >= 15 is 0 Å². The van der Waals surface area contributed by atoms with Gasteiger partial charge in [0.05, 0.1) is 0 Å². The average Bonchev–Trinajstić information content (AvgIpc) is 2.94. The number of aryl methyl sites for hydroxylation is 1. The molecule has 0 aliphatic heterocycles. The van der Waals surface area contributed by atoms with E-state index in [0.29, 0.717) is 0 Å². The molecular weight excluding hydrogens is 260 g/mol. The summed E-state index contributed by atoms with van der Waals surface area (Å²) < 4.78 is 1.90. The Balaban J connectivity index is 1.72. The standard InChI is InChI=1S/C17H20N4/c1-2-21-17(19-12-20-21)11-16(18)10-13-7-8-14-5-3-4-6-15(14)9-13/h3-9,12,16H,2,10-11,18H2,1H3. The van der Waals surface area contributed by atoms with Gasteiger partial charge in [-0.25, -0.2) is 4.98 Å². The van der Waals surface area contributed by atoms with E-state index in [1.54, 1.807) is 6.33 Å². The molecule has 1 atom stereocenters. The number of nitrogens with zero attached hydrogens (tertiary/aromatic N) is 3. The minimum Gasteiger partial charge on any atom is -0.327 e. The largest absolute Gasteiger partial charge is 0.327 e. The maximum absolute atomic E-state index is 6.28. The van der Waals surface area contributed by atoms with Crippen LogP contribution in [0.1, 0.15) is 18.3 Å². The van der Waals surface area contributed by atoms with Crippen LogP contribution in [-0.4, -0.2) is 20.8 Å². The van der Waals surface area contributed by atoms with Gasteiger partial charge in [0.1, 0.15) is 12.2 Å². The van der Waals surface area contributed by atoms with Crippen LogP contribution in [0, 0.1) is 0 Å². The van der Waals surface area contributed by atoms with E-state index in [1.807, 2.05) is 4.68 Å². The van der Waals surface area contributed by atoms with Crippen LogP contribution in [0.5, 0.6) is 0 Å². The number of rotatable bonds is 5. The SMILES string of the molecule is CCn1ncnc1CC(N)Cc1ccc2ccccc2c1. The molecule has 2 N–H and O–H groups in total. The van der Waals surface area contributed by atoms with E-state index in [9.17, 15) is 0 Å². The molecule has 21 heavy (non-hydrogen) atoms. The Labute approximate surface area is 124 Å². The van der Waals surface area contributed by atoms with E-state index in [1.165, 1.54) is 16.3 Å². The number of aromatic nitrogens is 3. The number of hydrogen-bond donors (Lipinski definition) is 1. The Morgan fingerprint density at radius 3 is 2.71 bits per heavy atom. The molecule has 2 aromatic carbocycles. The minimum atomic E-state index is 0.0562. The van der Waals surface area contributed by atoms with Crippen LogP contribution < -0.4 is 5.73 Å². The van der Waals surface area contributed by atoms with Crippen LogP contribution in [0.4, 0.5) is 0 Å². The van der Waals surface area contributed by atoms with Gasteiger partial charge in [-0.05, 0) is 29.7 Å². The van der Waals surface area contributed by atoms with Crippen molar-refractivity contribution < 1.29 is 0 Å². The number of benzene rings is 2. The summed E-state index contributed by atoms with van der Waals surface area (Å²) in [5.41, 5.74) is 7.55. The molecule has 0 radical (unpaired) electrons. The van der Waals surface area contributed by atoms with Crippen molar-refractivity contribution in [1.82, 2.24) is 14.8 Å². The summed E-state index contributed by atoms with van der Waals surface area (Å²) in [7, 11) is 0. The molecule has 0 bridgehead atoms. The van der Waals surface area contributed by atoms with Gasteiger partial charge in [0, 0.05) is 19.0 Å². The van der Waals surface area contributed by atoms with Gasteiger partial charge < -0.3 is 5.73 Å². The molecule has 1 aromatic heterocycles. The summed E-state index contributed by atoms with van der Waals surface area (Å²) in [4.78, 5) is 4.29. The van der Waals surface area contributed by atoms with Gasteiger partial charge in [0.25, 0.3) is 0 Å². The van der Waals surface area contributed by atoms with Crippen LogP contribution in [-0.2, 0) is 19.4 Å². The van der Waals surface area contributed by atoms with Crippen LogP contribution in [0.25, 0.3) is 10.8 Å². The predicted octanol–water partition coefficient (Wildman–Crippen LogP) is 2.56. The van der Waals surface area contributed by atoms with Crippen LogP contribution >= 0.6 is 0 Å². The van der Waals surface area contributed by atoms with Gasteiger partial charge in [0.15, 0.2) is 0 Å². The molecule has 4 nitrogen and oxygen atoms in total. The van der Waals surface area contributed by atoms with Crippen LogP contribution in [0.3, 0.4) is 0 Å². The molecule has 0 saturated heterocycles. The summed E-state index contributed by atoms with van der Waals surface area (Å²) in [5.74, 6) is 0.964. The molecular formula is C17H20N4. The zero-order valence-corrected chi connectivity index (χ0v) is 12.2. The summed E-state index contributed by atoms with van der Waals surface area (Å²) in [6, 6.07) is 15.0. The molecule has 3 aromatic rings. The van der Waals surface area contributed by atoms with Gasteiger partial charge in [-0.15, -0.1) is 0 Å². The van der Waals surface area contributed by atoms with E-state index in [-0.39, 0.29) is 6.04 Å². The van der Waals surface area contributed by atoms with E-state index in [4.69, 9.17) is 5.73 Å². The van der Waals surface area contributed by atoms with Crippen molar-refractivity contribution in [3.63, 3.8) is 0 Å². The lowest BCUT2D eigenvalue weighted by Crippen LogP contribution is -2.27. The lowest BCUT2D eigenvalue weighted by molar-refractivity contribution is 0.567. The van der Waals surface area contributed by atoms with Crippen molar-refractivity contribution in [3.05, 3.63) is 60.2 Å². The Morgan fingerprint density at radius 1 is 1.10 bits per heavy atom. The monoisotopic (exact) mass is 280 g/mol. The number of fused-ring (bicyclic) bond motifs is 1. The molecule has 108 valence electrons. The molecule has 1 heterocycles. The number of nitrogens with two attached hydrogens (primary N) is 1. The highest BCUT2D eigenvalue weighted by Gasteiger charge is 2.10. The third-order valence-corrected chi connectivity index (χ3v) is 3.75. The van der Waals surface area contributed by atoms with E-state index in [0.717, 1.165) is 25.2 Å². The second kappa shape index (κ2) is 6.06. The minimum absolute atomic E-state index is 0.0562. The molecule has 4 heteroatoms. The van der Waals surface area contributed by atoms with Crippen molar-refractivity contribution in [2.45, 2.75) is 32.4 Å². The Kier molecular flexibility index (Phi) is 3.97. The van der Waals surface area contributed by atoms with Gasteiger partial charge in [0.2, 0.25) is 0 Å². The van der Waals surface area contributed by atoms with Crippen molar-refractivity contribution in [2.75, 3.05) is 0 Å². The zero-order valence-electron chi connectivity index (χ0n) is 12.2. The first-order valence-electron chi connectivity index (χ1n) is 7.36. The highest BCUT2D eigenvalue weighted by atomic mass is 15.3. The average molecular weight is 280 g/mol. The van der Waals surface area contributed by atoms with Crippen molar-refractivity contribution >= 4 is 10.8 Å². The molecule has 0 saturated carbocycles. The molecule has 0 fully saturated rings. The third kappa shape index (κ3) is 3.11. The fourth-order valence-electron chi connectivity index (χ4n) is 2.69. The maximum atomic E-state index is 6.28. The molecule has 0 amide bonds.